The SMILES string of the molecule is CCCCc1ccccc1-c1[c]cccc1-c1ccccc1CCCC. The molecule has 0 saturated heterocycles. The van der Waals surface area contributed by atoms with Crippen LogP contribution in [0.25, 0.3) is 22.3 Å². The van der Waals surface area contributed by atoms with Crippen molar-refractivity contribution in [2.75, 3.05) is 0 Å². The number of rotatable bonds is 8. The molecule has 133 valence electrons. The smallest absolute Gasteiger partial charge is 0.00237 e. The Morgan fingerprint density at radius 2 is 1.15 bits per heavy atom. The van der Waals surface area contributed by atoms with Crippen LogP contribution in [0, 0.1) is 6.07 Å². The second-order valence-electron chi connectivity index (χ2n) is 6.98. The highest BCUT2D eigenvalue weighted by atomic mass is 14.2. The fourth-order valence-electron chi connectivity index (χ4n) is 3.60. The van der Waals surface area contributed by atoms with Crippen LogP contribution in [0.4, 0.5) is 0 Å². The van der Waals surface area contributed by atoms with Gasteiger partial charge < -0.3 is 0 Å². The molecule has 3 rings (SSSR count). The molecule has 0 aliphatic carbocycles. The van der Waals surface area contributed by atoms with Crippen molar-refractivity contribution in [3.05, 3.63) is 83.9 Å². The van der Waals surface area contributed by atoms with Gasteiger partial charge in [-0.2, -0.15) is 0 Å². The summed E-state index contributed by atoms with van der Waals surface area (Å²) >= 11 is 0. The Morgan fingerprint density at radius 3 is 1.81 bits per heavy atom. The largest absolute Gasteiger partial charge is 0.0654 e. The molecule has 0 aliphatic heterocycles. The van der Waals surface area contributed by atoms with Crippen molar-refractivity contribution in [1.82, 2.24) is 0 Å². The first-order valence-electron chi connectivity index (χ1n) is 10.0. The Bertz CT molecular complexity index is 758. The fraction of sp³-hybridized carbons (Fsp3) is 0.308. The second kappa shape index (κ2) is 9.38. The van der Waals surface area contributed by atoms with Gasteiger partial charge in [0.1, 0.15) is 0 Å². The molecule has 0 spiro atoms. The quantitative estimate of drug-likeness (QED) is 0.398. The van der Waals surface area contributed by atoms with E-state index in [1.165, 1.54) is 59.1 Å². The molecule has 0 bridgehead atoms. The highest BCUT2D eigenvalue weighted by Crippen LogP contribution is 2.36. The number of hydrogen-bond acceptors (Lipinski definition) is 0. The molecule has 1 radical (unpaired) electrons. The summed E-state index contributed by atoms with van der Waals surface area (Å²) in [5.74, 6) is 0. The van der Waals surface area contributed by atoms with Crippen LogP contribution in [-0.4, -0.2) is 0 Å². The molecular formula is C26H29. The van der Waals surface area contributed by atoms with Crippen molar-refractivity contribution in [3.8, 4) is 22.3 Å². The highest BCUT2D eigenvalue weighted by molar-refractivity contribution is 5.85. The van der Waals surface area contributed by atoms with Gasteiger partial charge in [-0.25, -0.2) is 0 Å². The van der Waals surface area contributed by atoms with E-state index in [0.717, 1.165) is 12.8 Å². The average Bonchev–Trinajstić information content (AvgIpc) is 2.71. The minimum absolute atomic E-state index is 1.13. The molecule has 0 nitrogen and oxygen atoms in total. The Kier molecular flexibility index (Phi) is 6.66. The standard InChI is InChI=1S/C26H29/c1-3-5-13-21-15-7-9-17-23(21)25-19-11-12-20-26(25)24-18-10-8-16-22(24)14-6-4-2/h7-12,15-19H,3-6,13-14H2,1-2H3. The van der Waals surface area contributed by atoms with E-state index in [1.54, 1.807) is 0 Å². The van der Waals surface area contributed by atoms with E-state index in [1.807, 2.05) is 6.07 Å². The Hall–Kier alpha value is -2.34. The summed E-state index contributed by atoms with van der Waals surface area (Å²) in [6.45, 7) is 4.51. The van der Waals surface area contributed by atoms with E-state index in [0.29, 0.717) is 0 Å². The molecular weight excluding hydrogens is 312 g/mol. The first kappa shape index (κ1) is 18.5. The average molecular weight is 342 g/mol. The summed E-state index contributed by atoms with van der Waals surface area (Å²) in [5.41, 5.74) is 8.12. The molecule has 0 saturated carbocycles. The second-order valence-corrected chi connectivity index (χ2v) is 6.98. The number of aryl methyl sites for hydroxylation is 2. The fourth-order valence-corrected chi connectivity index (χ4v) is 3.60. The maximum Gasteiger partial charge on any atom is -0.00237 e. The highest BCUT2D eigenvalue weighted by Gasteiger charge is 2.13. The van der Waals surface area contributed by atoms with Crippen molar-refractivity contribution >= 4 is 0 Å². The Labute approximate surface area is 158 Å². The summed E-state index contributed by atoms with van der Waals surface area (Å²) in [4.78, 5) is 0. The lowest BCUT2D eigenvalue weighted by atomic mass is 9.88. The van der Waals surface area contributed by atoms with Crippen LogP contribution in [0.5, 0.6) is 0 Å². The molecule has 0 fully saturated rings. The summed E-state index contributed by atoms with van der Waals surface area (Å²) in [7, 11) is 0. The third kappa shape index (κ3) is 4.25. The van der Waals surface area contributed by atoms with Gasteiger partial charge in [0.25, 0.3) is 0 Å². The molecule has 0 amide bonds. The van der Waals surface area contributed by atoms with Crippen molar-refractivity contribution in [2.24, 2.45) is 0 Å². The van der Waals surface area contributed by atoms with Gasteiger partial charge in [-0.1, -0.05) is 93.4 Å². The number of unbranched alkanes of at least 4 members (excludes halogenated alkanes) is 2. The van der Waals surface area contributed by atoms with E-state index in [9.17, 15) is 0 Å². The van der Waals surface area contributed by atoms with Gasteiger partial charge in [0.05, 0.1) is 0 Å². The molecule has 0 heteroatoms. The van der Waals surface area contributed by atoms with Crippen molar-refractivity contribution < 1.29 is 0 Å². The Morgan fingerprint density at radius 1 is 0.615 bits per heavy atom. The van der Waals surface area contributed by atoms with Gasteiger partial charge in [-0.15, -0.1) is 0 Å². The van der Waals surface area contributed by atoms with E-state index >= 15 is 0 Å². The molecule has 0 aliphatic rings. The van der Waals surface area contributed by atoms with Gasteiger partial charge in [0.2, 0.25) is 0 Å². The topological polar surface area (TPSA) is 0 Å². The monoisotopic (exact) mass is 341 g/mol. The molecule has 0 unspecified atom stereocenters. The number of hydrogen-bond donors (Lipinski definition) is 0. The van der Waals surface area contributed by atoms with E-state index < -0.39 is 0 Å². The van der Waals surface area contributed by atoms with Gasteiger partial charge in [0.15, 0.2) is 0 Å². The molecule has 0 heterocycles. The summed E-state index contributed by atoms with van der Waals surface area (Å²) in [6, 6.07) is 27.7. The normalized spacial score (nSPS) is 10.8. The van der Waals surface area contributed by atoms with E-state index in [4.69, 9.17) is 0 Å². The van der Waals surface area contributed by atoms with Gasteiger partial charge in [0, 0.05) is 0 Å². The van der Waals surface area contributed by atoms with Crippen molar-refractivity contribution in [3.63, 3.8) is 0 Å². The van der Waals surface area contributed by atoms with E-state index in [-0.39, 0.29) is 0 Å². The molecule has 26 heavy (non-hydrogen) atoms. The molecule has 0 atom stereocenters. The zero-order valence-corrected chi connectivity index (χ0v) is 16.1. The molecule has 3 aromatic carbocycles. The van der Waals surface area contributed by atoms with Crippen LogP contribution < -0.4 is 0 Å². The zero-order chi connectivity index (χ0) is 18.2. The predicted octanol–water partition coefficient (Wildman–Crippen LogP) is 7.51. The first-order valence-corrected chi connectivity index (χ1v) is 10.0. The maximum atomic E-state index is 3.55. The maximum absolute atomic E-state index is 3.55. The third-order valence-corrected chi connectivity index (χ3v) is 5.05. The predicted molar refractivity (Wildman–Crippen MR) is 113 cm³/mol. The van der Waals surface area contributed by atoms with E-state index in [2.05, 4.69) is 80.6 Å². The minimum Gasteiger partial charge on any atom is -0.0654 e. The third-order valence-electron chi connectivity index (χ3n) is 5.05. The summed E-state index contributed by atoms with van der Waals surface area (Å²) < 4.78 is 0. The summed E-state index contributed by atoms with van der Waals surface area (Å²) in [5, 5.41) is 0. The van der Waals surface area contributed by atoms with Crippen LogP contribution in [0.2, 0.25) is 0 Å². The van der Waals surface area contributed by atoms with Crippen LogP contribution in [0.3, 0.4) is 0 Å². The molecule has 0 aromatic heterocycles. The van der Waals surface area contributed by atoms with Gasteiger partial charge in [-0.05, 0) is 65.1 Å². The van der Waals surface area contributed by atoms with Crippen LogP contribution in [-0.2, 0) is 12.8 Å². The van der Waals surface area contributed by atoms with Gasteiger partial charge >= 0.3 is 0 Å². The first-order chi connectivity index (χ1) is 12.8. The Balaban J connectivity index is 2.09. The van der Waals surface area contributed by atoms with Crippen LogP contribution in [0.1, 0.15) is 50.7 Å². The number of benzene rings is 3. The lowest BCUT2D eigenvalue weighted by Gasteiger charge is -2.16. The minimum atomic E-state index is 1.13. The lowest BCUT2D eigenvalue weighted by molar-refractivity contribution is 0.795. The zero-order valence-electron chi connectivity index (χ0n) is 16.1. The van der Waals surface area contributed by atoms with Crippen LogP contribution in [0.15, 0.2) is 66.7 Å². The lowest BCUT2D eigenvalue weighted by Crippen LogP contribution is -1.95. The van der Waals surface area contributed by atoms with Gasteiger partial charge in [-0.3, -0.25) is 0 Å². The molecule has 3 aromatic rings. The van der Waals surface area contributed by atoms with Crippen molar-refractivity contribution in [2.45, 2.75) is 52.4 Å². The van der Waals surface area contributed by atoms with Crippen LogP contribution >= 0.6 is 0 Å². The molecule has 0 N–H and O–H groups in total. The summed E-state index contributed by atoms with van der Waals surface area (Å²) in [6.07, 6.45) is 7.18. The van der Waals surface area contributed by atoms with Crippen molar-refractivity contribution in [1.29, 1.82) is 0 Å².